The average molecular weight is 258 g/mol. The van der Waals surface area contributed by atoms with Crippen molar-refractivity contribution in [2.45, 2.75) is 13.8 Å². The van der Waals surface area contributed by atoms with E-state index < -0.39 is 0 Å². The predicted molar refractivity (Wildman–Crippen MR) is 81.4 cm³/mol. The second-order valence-corrected chi connectivity index (χ2v) is 4.95. The largest absolute Gasteiger partial charge is 0.237 e. The van der Waals surface area contributed by atoms with Gasteiger partial charge >= 0.3 is 0 Å². The zero-order valence-corrected chi connectivity index (χ0v) is 11.5. The number of fused-ring (bicyclic) bond motifs is 1. The molecular formula is C18H14N2. The summed E-state index contributed by atoms with van der Waals surface area (Å²) in [5.74, 6) is 0. The highest BCUT2D eigenvalue weighted by Gasteiger charge is 2.11. The van der Waals surface area contributed by atoms with Gasteiger partial charge in [0.1, 0.15) is 11.8 Å². The Kier molecular flexibility index (Phi) is 2.96. The molecule has 1 heterocycles. The molecule has 0 bridgehead atoms. The lowest BCUT2D eigenvalue weighted by molar-refractivity contribution is 1.22. The molecule has 2 aromatic carbocycles. The lowest BCUT2D eigenvalue weighted by Crippen LogP contribution is -1.95. The van der Waals surface area contributed by atoms with Crippen LogP contribution in [0.3, 0.4) is 0 Å². The molecule has 0 saturated carbocycles. The van der Waals surface area contributed by atoms with Gasteiger partial charge in [0, 0.05) is 5.56 Å². The molecule has 0 unspecified atom stereocenters. The van der Waals surface area contributed by atoms with Crippen molar-refractivity contribution in [1.29, 1.82) is 5.26 Å². The van der Waals surface area contributed by atoms with Crippen LogP contribution in [0.4, 0.5) is 0 Å². The van der Waals surface area contributed by atoms with Crippen LogP contribution in [-0.4, -0.2) is 4.98 Å². The molecule has 2 heteroatoms. The number of pyridine rings is 1. The molecule has 20 heavy (non-hydrogen) atoms. The van der Waals surface area contributed by atoms with Crippen LogP contribution in [0.2, 0.25) is 0 Å². The second kappa shape index (κ2) is 4.79. The number of benzene rings is 2. The molecule has 2 nitrogen and oxygen atoms in total. The van der Waals surface area contributed by atoms with E-state index in [9.17, 15) is 0 Å². The standard InChI is InChI=1S/C18H14N2/c1-12-7-9-14-5-3-4-6-16(14)17(12)18-13(2)8-10-15(11-19)20-18/h3-10H,1-2H3. The zero-order valence-electron chi connectivity index (χ0n) is 11.5. The highest BCUT2D eigenvalue weighted by molar-refractivity contribution is 5.98. The van der Waals surface area contributed by atoms with E-state index in [-0.39, 0.29) is 0 Å². The van der Waals surface area contributed by atoms with Gasteiger partial charge in [0.15, 0.2) is 0 Å². The van der Waals surface area contributed by atoms with Crippen LogP contribution >= 0.6 is 0 Å². The van der Waals surface area contributed by atoms with Crippen LogP contribution in [0.5, 0.6) is 0 Å². The molecule has 3 aromatic rings. The highest BCUT2D eigenvalue weighted by Crippen LogP contribution is 2.32. The highest BCUT2D eigenvalue weighted by atomic mass is 14.7. The number of nitrogens with zero attached hydrogens (tertiary/aromatic N) is 2. The van der Waals surface area contributed by atoms with Crippen LogP contribution in [0.15, 0.2) is 48.5 Å². The van der Waals surface area contributed by atoms with Crippen molar-refractivity contribution in [2.24, 2.45) is 0 Å². The maximum absolute atomic E-state index is 9.07. The van der Waals surface area contributed by atoms with Crippen LogP contribution < -0.4 is 0 Å². The fourth-order valence-corrected chi connectivity index (χ4v) is 2.54. The fraction of sp³-hybridized carbons (Fsp3) is 0.111. The second-order valence-electron chi connectivity index (χ2n) is 4.95. The minimum atomic E-state index is 0.456. The molecule has 0 amide bonds. The summed E-state index contributed by atoms with van der Waals surface area (Å²) >= 11 is 0. The summed E-state index contributed by atoms with van der Waals surface area (Å²) in [7, 11) is 0. The summed E-state index contributed by atoms with van der Waals surface area (Å²) in [6, 6.07) is 18.4. The Morgan fingerprint density at radius 3 is 2.45 bits per heavy atom. The summed E-state index contributed by atoms with van der Waals surface area (Å²) in [6.07, 6.45) is 0. The van der Waals surface area contributed by atoms with E-state index in [0.29, 0.717) is 5.69 Å². The first-order valence-corrected chi connectivity index (χ1v) is 6.57. The van der Waals surface area contributed by atoms with E-state index in [1.165, 1.54) is 16.3 Å². The third kappa shape index (κ3) is 1.94. The molecule has 96 valence electrons. The number of aromatic nitrogens is 1. The number of hydrogen-bond acceptors (Lipinski definition) is 2. The molecule has 0 aliphatic heterocycles. The first-order chi connectivity index (χ1) is 9.70. The van der Waals surface area contributed by atoms with Gasteiger partial charge in [-0.2, -0.15) is 5.26 Å². The van der Waals surface area contributed by atoms with E-state index in [4.69, 9.17) is 5.26 Å². The number of nitriles is 1. The lowest BCUT2D eigenvalue weighted by Gasteiger charge is -2.12. The quantitative estimate of drug-likeness (QED) is 0.649. The van der Waals surface area contributed by atoms with Gasteiger partial charge in [0.05, 0.1) is 5.69 Å². The van der Waals surface area contributed by atoms with Gasteiger partial charge in [0.25, 0.3) is 0 Å². The molecule has 0 spiro atoms. The lowest BCUT2D eigenvalue weighted by atomic mass is 9.95. The van der Waals surface area contributed by atoms with E-state index in [1.54, 1.807) is 6.07 Å². The van der Waals surface area contributed by atoms with Crippen molar-refractivity contribution in [2.75, 3.05) is 0 Å². The van der Waals surface area contributed by atoms with Crippen molar-refractivity contribution in [3.05, 3.63) is 65.4 Å². The zero-order chi connectivity index (χ0) is 14.1. The third-order valence-electron chi connectivity index (χ3n) is 3.59. The Morgan fingerprint density at radius 2 is 1.65 bits per heavy atom. The molecule has 0 radical (unpaired) electrons. The maximum atomic E-state index is 9.07. The SMILES string of the molecule is Cc1ccc(C#N)nc1-c1c(C)ccc2ccccc12. The summed E-state index contributed by atoms with van der Waals surface area (Å²) < 4.78 is 0. The van der Waals surface area contributed by atoms with Gasteiger partial charge < -0.3 is 0 Å². The van der Waals surface area contributed by atoms with Crippen molar-refractivity contribution >= 4 is 10.8 Å². The van der Waals surface area contributed by atoms with Crippen molar-refractivity contribution in [1.82, 2.24) is 4.98 Å². The summed E-state index contributed by atoms with van der Waals surface area (Å²) in [5, 5.41) is 11.4. The van der Waals surface area contributed by atoms with Crippen molar-refractivity contribution < 1.29 is 0 Å². The van der Waals surface area contributed by atoms with Gasteiger partial charge in [-0.05, 0) is 41.8 Å². The molecule has 3 rings (SSSR count). The number of rotatable bonds is 1. The topological polar surface area (TPSA) is 36.7 Å². The Balaban J connectivity index is 2.40. The van der Waals surface area contributed by atoms with Crippen LogP contribution in [-0.2, 0) is 0 Å². The fourth-order valence-electron chi connectivity index (χ4n) is 2.54. The van der Waals surface area contributed by atoms with Gasteiger partial charge in [-0.3, -0.25) is 0 Å². The Morgan fingerprint density at radius 1 is 0.900 bits per heavy atom. The van der Waals surface area contributed by atoms with E-state index >= 15 is 0 Å². The first-order valence-electron chi connectivity index (χ1n) is 6.57. The minimum Gasteiger partial charge on any atom is -0.237 e. The molecule has 0 N–H and O–H groups in total. The van der Waals surface area contributed by atoms with Gasteiger partial charge in [-0.25, -0.2) is 4.98 Å². The Labute approximate surface area is 118 Å². The summed E-state index contributed by atoms with van der Waals surface area (Å²) in [6.45, 7) is 4.12. The molecule has 0 fully saturated rings. The predicted octanol–water partition coefficient (Wildman–Crippen LogP) is 4.39. The molecular weight excluding hydrogens is 244 g/mol. The van der Waals surface area contributed by atoms with Crippen molar-refractivity contribution in [3.63, 3.8) is 0 Å². The minimum absolute atomic E-state index is 0.456. The molecule has 0 aliphatic carbocycles. The van der Waals surface area contributed by atoms with Gasteiger partial charge in [0.2, 0.25) is 0 Å². The molecule has 1 aromatic heterocycles. The molecule has 0 saturated heterocycles. The first kappa shape index (κ1) is 12.4. The monoisotopic (exact) mass is 258 g/mol. The Hall–Kier alpha value is -2.66. The molecule has 0 aliphatic rings. The Bertz CT molecular complexity index is 842. The van der Waals surface area contributed by atoms with Crippen molar-refractivity contribution in [3.8, 4) is 17.3 Å². The smallest absolute Gasteiger partial charge is 0.141 e. The van der Waals surface area contributed by atoms with E-state index in [0.717, 1.165) is 16.8 Å². The normalized spacial score (nSPS) is 10.4. The maximum Gasteiger partial charge on any atom is 0.141 e. The van der Waals surface area contributed by atoms with Gasteiger partial charge in [-0.1, -0.05) is 42.5 Å². The number of aryl methyl sites for hydroxylation is 2. The van der Waals surface area contributed by atoms with Crippen LogP contribution in [0, 0.1) is 25.2 Å². The van der Waals surface area contributed by atoms with Crippen LogP contribution in [0.1, 0.15) is 16.8 Å². The van der Waals surface area contributed by atoms with E-state index in [2.05, 4.69) is 42.2 Å². The summed E-state index contributed by atoms with van der Waals surface area (Å²) in [5.41, 5.74) is 4.74. The number of hydrogen-bond donors (Lipinski definition) is 0. The van der Waals surface area contributed by atoms with Gasteiger partial charge in [-0.15, -0.1) is 0 Å². The summed E-state index contributed by atoms with van der Waals surface area (Å²) in [4.78, 5) is 4.51. The van der Waals surface area contributed by atoms with E-state index in [1.807, 2.05) is 25.1 Å². The molecule has 0 atom stereocenters. The van der Waals surface area contributed by atoms with Crippen LogP contribution in [0.25, 0.3) is 22.0 Å². The average Bonchev–Trinajstić information content (AvgIpc) is 2.48. The third-order valence-corrected chi connectivity index (χ3v) is 3.59.